The first kappa shape index (κ1) is 59.1. The molecule has 0 radical (unpaired) electrons. The van der Waals surface area contributed by atoms with Crippen molar-refractivity contribution in [3.63, 3.8) is 0 Å². The first-order valence-corrected chi connectivity index (χ1v) is 26.3. The number of hydrogen-bond acceptors (Lipinski definition) is 6. The number of rotatable bonds is 47. The molecule has 0 fully saturated rings. The highest BCUT2D eigenvalue weighted by Crippen LogP contribution is 2.14. The SMILES string of the molecule is CCCCC/C=C\C/C=C\C/C=C\CCCCCCC(=O)OC[C@@H](COC(=O)CCCCCCCCCCCC)OC(=O)CCCCCCCCC/C=C\C/C=C\CCCCC. The number of esters is 3. The maximum atomic E-state index is 12.8. The molecule has 0 aromatic rings. The highest BCUT2D eigenvalue weighted by Gasteiger charge is 2.19. The summed E-state index contributed by atoms with van der Waals surface area (Å²) in [4.78, 5) is 37.9. The smallest absolute Gasteiger partial charge is 0.306 e. The van der Waals surface area contributed by atoms with Gasteiger partial charge in [0.15, 0.2) is 6.10 Å². The largest absolute Gasteiger partial charge is 0.462 e. The first-order valence-electron chi connectivity index (χ1n) is 26.3. The molecule has 6 nitrogen and oxygen atoms in total. The number of hydrogen-bond donors (Lipinski definition) is 0. The highest BCUT2D eigenvalue weighted by atomic mass is 16.6. The summed E-state index contributed by atoms with van der Waals surface area (Å²) in [6, 6.07) is 0. The summed E-state index contributed by atoms with van der Waals surface area (Å²) in [5.41, 5.74) is 0. The Kier molecular flexibility index (Phi) is 48.4. The fraction of sp³-hybridized carbons (Fsp3) is 0.768. The summed E-state index contributed by atoms with van der Waals surface area (Å²) in [5.74, 6) is -0.910. The Balaban J connectivity index is 4.39. The van der Waals surface area contributed by atoms with Crippen LogP contribution in [0.15, 0.2) is 60.8 Å². The van der Waals surface area contributed by atoms with E-state index in [1.807, 2.05) is 0 Å². The molecule has 6 heteroatoms. The van der Waals surface area contributed by atoms with Crippen molar-refractivity contribution in [1.82, 2.24) is 0 Å². The molecule has 0 aromatic heterocycles. The monoisotopic (exact) mass is 867 g/mol. The summed E-state index contributed by atoms with van der Waals surface area (Å²) in [6.07, 6.45) is 62.0. The first-order chi connectivity index (χ1) is 30.5. The van der Waals surface area contributed by atoms with Crippen molar-refractivity contribution in [1.29, 1.82) is 0 Å². The molecule has 1 atom stereocenters. The number of ether oxygens (including phenoxy) is 3. The van der Waals surface area contributed by atoms with E-state index in [-0.39, 0.29) is 31.1 Å². The lowest BCUT2D eigenvalue weighted by Gasteiger charge is -2.18. The van der Waals surface area contributed by atoms with E-state index in [0.717, 1.165) is 96.3 Å². The molecule has 0 aliphatic rings. The third-order valence-corrected chi connectivity index (χ3v) is 11.2. The van der Waals surface area contributed by atoms with Gasteiger partial charge in [0.2, 0.25) is 0 Å². The fourth-order valence-corrected chi connectivity index (χ4v) is 7.24. The molecule has 0 aliphatic carbocycles. The molecule has 0 aromatic carbocycles. The van der Waals surface area contributed by atoms with Crippen LogP contribution in [0.2, 0.25) is 0 Å². The van der Waals surface area contributed by atoms with Crippen molar-refractivity contribution in [3.8, 4) is 0 Å². The predicted octanol–water partition coefficient (Wildman–Crippen LogP) is 17.3. The van der Waals surface area contributed by atoms with Crippen LogP contribution < -0.4 is 0 Å². The molecule has 0 bridgehead atoms. The van der Waals surface area contributed by atoms with Crippen LogP contribution in [0.25, 0.3) is 0 Å². The van der Waals surface area contributed by atoms with Gasteiger partial charge in [-0.1, -0.05) is 210 Å². The van der Waals surface area contributed by atoms with Gasteiger partial charge in [-0.3, -0.25) is 14.4 Å². The lowest BCUT2D eigenvalue weighted by Crippen LogP contribution is -2.30. The highest BCUT2D eigenvalue weighted by molar-refractivity contribution is 5.71. The predicted molar refractivity (Wildman–Crippen MR) is 265 cm³/mol. The summed E-state index contributed by atoms with van der Waals surface area (Å²) >= 11 is 0. The zero-order valence-corrected chi connectivity index (χ0v) is 40.9. The molecule has 358 valence electrons. The van der Waals surface area contributed by atoms with E-state index in [1.165, 1.54) is 122 Å². The molecule has 62 heavy (non-hydrogen) atoms. The average molecular weight is 867 g/mol. The van der Waals surface area contributed by atoms with E-state index in [1.54, 1.807) is 0 Å². The minimum Gasteiger partial charge on any atom is -0.462 e. The van der Waals surface area contributed by atoms with Gasteiger partial charge in [-0.25, -0.2) is 0 Å². The standard InChI is InChI=1S/C56H98O6/c1-4-7-10-13-16-19-22-24-26-28-30-32-34-37-40-43-46-49-55(58)61-52-53(51-60-54(57)48-45-42-39-36-21-18-15-12-9-6-3)62-56(59)50-47-44-41-38-35-33-31-29-27-25-23-20-17-14-11-8-5-2/h16-17,19-20,24-27,30,32,53H,4-15,18,21-23,28-29,31,33-52H2,1-3H3/b19-16-,20-17-,26-24-,27-25-,32-30-/t53-/m1/s1. The molecule has 0 heterocycles. The molecular weight excluding hydrogens is 769 g/mol. The van der Waals surface area contributed by atoms with Crippen LogP contribution in [0, 0.1) is 0 Å². The lowest BCUT2D eigenvalue weighted by molar-refractivity contribution is -0.167. The van der Waals surface area contributed by atoms with Crippen LogP contribution in [0.3, 0.4) is 0 Å². The van der Waals surface area contributed by atoms with Gasteiger partial charge < -0.3 is 14.2 Å². The topological polar surface area (TPSA) is 78.9 Å². The normalized spacial score (nSPS) is 12.5. The fourth-order valence-electron chi connectivity index (χ4n) is 7.24. The van der Waals surface area contributed by atoms with Crippen LogP contribution in [0.1, 0.15) is 258 Å². The second kappa shape index (κ2) is 50.8. The Morgan fingerprint density at radius 1 is 0.323 bits per heavy atom. The van der Waals surface area contributed by atoms with E-state index in [0.29, 0.717) is 19.3 Å². The minimum atomic E-state index is -0.785. The zero-order valence-electron chi connectivity index (χ0n) is 40.9. The van der Waals surface area contributed by atoms with Gasteiger partial charge in [0, 0.05) is 19.3 Å². The van der Waals surface area contributed by atoms with Gasteiger partial charge in [0.1, 0.15) is 13.2 Å². The Morgan fingerprint density at radius 2 is 0.581 bits per heavy atom. The van der Waals surface area contributed by atoms with Crippen LogP contribution in [-0.2, 0) is 28.6 Å². The second-order valence-corrected chi connectivity index (χ2v) is 17.4. The Labute approximate surface area is 383 Å². The Hall–Kier alpha value is -2.89. The van der Waals surface area contributed by atoms with Crippen molar-refractivity contribution >= 4 is 17.9 Å². The molecule has 0 spiro atoms. The van der Waals surface area contributed by atoms with Gasteiger partial charge in [0.25, 0.3) is 0 Å². The second-order valence-electron chi connectivity index (χ2n) is 17.4. The number of unbranched alkanes of at least 4 members (excludes halogenated alkanes) is 26. The van der Waals surface area contributed by atoms with E-state index < -0.39 is 6.10 Å². The van der Waals surface area contributed by atoms with E-state index in [2.05, 4.69) is 81.5 Å². The number of carbonyl (C=O) groups is 3. The maximum Gasteiger partial charge on any atom is 0.306 e. The molecule has 0 rings (SSSR count). The van der Waals surface area contributed by atoms with Gasteiger partial charge in [-0.05, 0) is 89.9 Å². The van der Waals surface area contributed by atoms with Crippen molar-refractivity contribution in [2.45, 2.75) is 264 Å². The van der Waals surface area contributed by atoms with Crippen LogP contribution in [0.5, 0.6) is 0 Å². The quantitative estimate of drug-likeness (QED) is 0.0262. The van der Waals surface area contributed by atoms with Crippen LogP contribution in [-0.4, -0.2) is 37.2 Å². The summed E-state index contributed by atoms with van der Waals surface area (Å²) in [5, 5.41) is 0. The third kappa shape index (κ3) is 48.1. The van der Waals surface area contributed by atoms with Gasteiger partial charge >= 0.3 is 17.9 Å². The number of allylic oxidation sites excluding steroid dienone is 10. The summed E-state index contributed by atoms with van der Waals surface area (Å²) < 4.78 is 16.8. The average Bonchev–Trinajstić information content (AvgIpc) is 3.27. The molecule has 0 unspecified atom stereocenters. The molecule has 0 aliphatic heterocycles. The lowest BCUT2D eigenvalue weighted by atomic mass is 10.1. The maximum absolute atomic E-state index is 12.8. The summed E-state index contributed by atoms with van der Waals surface area (Å²) in [7, 11) is 0. The van der Waals surface area contributed by atoms with Crippen molar-refractivity contribution in [2.24, 2.45) is 0 Å². The van der Waals surface area contributed by atoms with Gasteiger partial charge in [-0.15, -0.1) is 0 Å². The molecular formula is C56H98O6. The molecule has 0 saturated carbocycles. The van der Waals surface area contributed by atoms with E-state index in [9.17, 15) is 14.4 Å². The third-order valence-electron chi connectivity index (χ3n) is 11.2. The number of carbonyl (C=O) groups excluding carboxylic acids is 3. The minimum absolute atomic E-state index is 0.0833. The van der Waals surface area contributed by atoms with E-state index in [4.69, 9.17) is 14.2 Å². The van der Waals surface area contributed by atoms with Crippen molar-refractivity contribution < 1.29 is 28.6 Å². The Bertz CT molecular complexity index is 1130. The van der Waals surface area contributed by atoms with Crippen molar-refractivity contribution in [3.05, 3.63) is 60.8 Å². The molecule has 0 amide bonds. The zero-order chi connectivity index (χ0) is 45.1. The Morgan fingerprint density at radius 3 is 0.935 bits per heavy atom. The van der Waals surface area contributed by atoms with Gasteiger partial charge in [0.05, 0.1) is 0 Å². The summed E-state index contributed by atoms with van der Waals surface area (Å²) in [6.45, 7) is 6.55. The molecule has 0 saturated heterocycles. The van der Waals surface area contributed by atoms with Gasteiger partial charge in [-0.2, -0.15) is 0 Å². The van der Waals surface area contributed by atoms with Crippen LogP contribution >= 0.6 is 0 Å². The van der Waals surface area contributed by atoms with E-state index >= 15 is 0 Å². The van der Waals surface area contributed by atoms with Crippen molar-refractivity contribution in [2.75, 3.05) is 13.2 Å². The molecule has 0 N–H and O–H groups in total. The van der Waals surface area contributed by atoms with Crippen LogP contribution in [0.4, 0.5) is 0 Å².